The van der Waals surface area contributed by atoms with E-state index in [0.717, 1.165) is 68.3 Å². The van der Waals surface area contributed by atoms with Crippen molar-refractivity contribution in [3.63, 3.8) is 0 Å². The van der Waals surface area contributed by atoms with E-state index in [1.807, 2.05) is 24.3 Å². The molecule has 206 valence electrons. The molecule has 0 spiro atoms. The van der Waals surface area contributed by atoms with Gasteiger partial charge in [-0.05, 0) is 59.1 Å². The van der Waals surface area contributed by atoms with Gasteiger partial charge in [0.25, 0.3) is 0 Å². The summed E-state index contributed by atoms with van der Waals surface area (Å²) >= 11 is 6.16. The second-order valence-electron chi connectivity index (χ2n) is 10.5. The molecule has 5 rings (SSSR count). The summed E-state index contributed by atoms with van der Waals surface area (Å²) in [4.78, 5) is 6.95. The zero-order valence-electron chi connectivity index (χ0n) is 22.1. The lowest BCUT2D eigenvalue weighted by molar-refractivity contribution is 0.148. The van der Waals surface area contributed by atoms with Crippen molar-refractivity contribution in [1.82, 2.24) is 14.7 Å². The molecule has 0 saturated carbocycles. The second-order valence-corrected chi connectivity index (χ2v) is 12.9. The van der Waals surface area contributed by atoms with Crippen molar-refractivity contribution in [2.45, 2.75) is 12.6 Å². The molecule has 2 saturated heterocycles. The fourth-order valence-corrected chi connectivity index (χ4v) is 6.79. The van der Waals surface area contributed by atoms with Crippen LogP contribution < -0.4 is 0 Å². The van der Waals surface area contributed by atoms with Crippen molar-refractivity contribution in [2.24, 2.45) is 0 Å². The van der Waals surface area contributed by atoms with Crippen LogP contribution in [0.25, 0.3) is 4.91 Å². The minimum atomic E-state index is -3.72. The van der Waals surface area contributed by atoms with Gasteiger partial charge < -0.3 is 4.90 Å². The molecule has 0 aromatic heterocycles. The van der Waals surface area contributed by atoms with Crippen molar-refractivity contribution in [3.05, 3.63) is 111 Å². The van der Waals surface area contributed by atoms with Gasteiger partial charge in [-0.15, -0.1) is 0 Å². The minimum absolute atomic E-state index is 0.00506. The maximum Gasteiger partial charge on any atom is 0.176 e. The molecule has 1 atom stereocenters. The van der Waals surface area contributed by atoms with E-state index in [9.17, 15) is 17.2 Å². The fraction of sp³-hybridized carbons (Fsp3) is 0.333. The lowest BCUT2D eigenvalue weighted by Crippen LogP contribution is -2.44. The highest BCUT2D eigenvalue weighted by molar-refractivity contribution is 8.00. The van der Waals surface area contributed by atoms with Gasteiger partial charge in [0.05, 0.1) is 10.9 Å². The molecule has 0 N–H and O–H groups in total. The number of benzene rings is 3. The van der Waals surface area contributed by atoms with Crippen LogP contribution in [0.2, 0.25) is 5.02 Å². The normalized spacial score (nSPS) is 18.1. The van der Waals surface area contributed by atoms with Gasteiger partial charge in [0, 0.05) is 63.2 Å². The van der Waals surface area contributed by atoms with Gasteiger partial charge in [-0.3, -0.25) is 9.80 Å². The summed E-state index contributed by atoms with van der Waals surface area (Å²) in [6.45, 7) is 5.85. The van der Waals surface area contributed by atoms with Gasteiger partial charge in [-0.25, -0.2) is 17.2 Å². The highest BCUT2D eigenvalue weighted by atomic mass is 35.5. The number of nitrogens with zero attached hydrogens (tertiary/aromatic N) is 3. The van der Waals surface area contributed by atoms with E-state index in [2.05, 4.69) is 46.0 Å². The summed E-state index contributed by atoms with van der Waals surface area (Å²) in [5, 5.41) is 0.636. The largest absolute Gasteiger partial charge is 0.304 e. The summed E-state index contributed by atoms with van der Waals surface area (Å²) < 4.78 is 53.4. The molecule has 2 aliphatic rings. The van der Waals surface area contributed by atoms with E-state index in [1.54, 1.807) is 0 Å². The summed E-state index contributed by atoms with van der Waals surface area (Å²) in [6.07, 6.45) is 1.08. The Hall–Kier alpha value is -2.62. The molecule has 39 heavy (non-hydrogen) atoms. The van der Waals surface area contributed by atoms with Crippen molar-refractivity contribution in [3.8, 4) is 0 Å². The molecular formula is C30H32ClF2N3O2S. The average Bonchev–Trinajstić information content (AvgIpc) is 2.84. The van der Waals surface area contributed by atoms with Gasteiger partial charge in [-0.2, -0.15) is 0 Å². The van der Waals surface area contributed by atoms with Crippen LogP contribution in [0, 0.1) is 11.6 Å². The smallest absolute Gasteiger partial charge is 0.176 e. The minimum Gasteiger partial charge on any atom is -0.304 e. The lowest BCUT2D eigenvalue weighted by Gasteiger charge is -2.42. The first-order chi connectivity index (χ1) is 18.6. The third-order valence-electron chi connectivity index (χ3n) is 7.45. The number of hydrogen-bond acceptors (Lipinski definition) is 5. The van der Waals surface area contributed by atoms with Crippen LogP contribution >= 0.6 is 11.6 Å². The summed E-state index contributed by atoms with van der Waals surface area (Å²) in [5.74, 6) is -1.61. The molecule has 0 bridgehead atoms. The first-order valence-corrected chi connectivity index (χ1v) is 15.2. The summed E-state index contributed by atoms with van der Waals surface area (Å²) in [6, 6.07) is 19.0. The third kappa shape index (κ3) is 6.58. The Balaban J connectivity index is 1.42. The first kappa shape index (κ1) is 27.9. The van der Waals surface area contributed by atoms with E-state index in [1.165, 1.54) is 5.56 Å². The molecule has 1 unspecified atom stereocenters. The molecular weight excluding hydrogens is 540 g/mol. The first-order valence-electron chi connectivity index (χ1n) is 12.9. The van der Waals surface area contributed by atoms with Gasteiger partial charge in [0.1, 0.15) is 11.6 Å². The van der Waals surface area contributed by atoms with Gasteiger partial charge in [0.15, 0.2) is 9.84 Å². The predicted molar refractivity (Wildman–Crippen MR) is 152 cm³/mol. The Kier molecular flexibility index (Phi) is 8.21. The van der Waals surface area contributed by atoms with Crippen molar-refractivity contribution >= 4 is 26.3 Å². The van der Waals surface area contributed by atoms with Gasteiger partial charge in [-0.1, -0.05) is 48.0 Å². The van der Waals surface area contributed by atoms with Crippen molar-refractivity contribution in [2.75, 3.05) is 52.6 Å². The van der Waals surface area contributed by atoms with Crippen LogP contribution in [-0.2, 0) is 16.4 Å². The molecule has 3 aromatic rings. The highest BCUT2D eigenvalue weighted by Crippen LogP contribution is 2.39. The molecule has 0 radical (unpaired) electrons. The fourth-order valence-electron chi connectivity index (χ4n) is 5.46. The number of sulfone groups is 1. The summed E-state index contributed by atoms with van der Waals surface area (Å²) in [5.41, 5.74) is 4.03. The van der Waals surface area contributed by atoms with Crippen LogP contribution in [0.15, 0.2) is 72.3 Å². The number of hydrogen-bond donors (Lipinski definition) is 0. The molecule has 5 nitrogen and oxygen atoms in total. The van der Waals surface area contributed by atoms with E-state index >= 15 is 0 Å². The number of halogens is 3. The topological polar surface area (TPSA) is 43.9 Å². The molecule has 9 heteroatoms. The lowest BCUT2D eigenvalue weighted by atomic mass is 9.91. The van der Waals surface area contributed by atoms with E-state index < -0.39 is 21.5 Å². The molecule has 3 aromatic carbocycles. The third-order valence-corrected chi connectivity index (χ3v) is 8.97. The van der Waals surface area contributed by atoms with Crippen LogP contribution in [0.3, 0.4) is 0 Å². The molecule has 2 aliphatic heterocycles. The Labute approximate surface area is 234 Å². The highest BCUT2D eigenvalue weighted by Gasteiger charge is 2.35. The molecule has 0 aliphatic carbocycles. The number of rotatable bonds is 7. The average molecular weight is 572 g/mol. The van der Waals surface area contributed by atoms with Gasteiger partial charge >= 0.3 is 0 Å². The number of piperazine rings is 1. The Morgan fingerprint density at radius 1 is 0.872 bits per heavy atom. The maximum atomic E-state index is 14.0. The molecule has 0 amide bonds. The van der Waals surface area contributed by atoms with E-state index in [4.69, 9.17) is 11.6 Å². The number of likely N-dealkylation sites (N-methyl/N-ethyl adjacent to an activating group) is 1. The van der Waals surface area contributed by atoms with Crippen LogP contribution in [0.4, 0.5) is 8.78 Å². The summed E-state index contributed by atoms with van der Waals surface area (Å²) in [7, 11) is -1.58. The Morgan fingerprint density at radius 3 is 1.95 bits per heavy atom. The predicted octanol–water partition coefficient (Wildman–Crippen LogP) is 5.23. The maximum absolute atomic E-state index is 14.0. The SMILES string of the molecule is CN1CCN(Cc2ccc(C(c3ccc(Cl)cc3)N3CC(=C(c4cc(F)cc(F)c4)S(C)(=O)=O)C3)cc2)CC1. The second kappa shape index (κ2) is 11.5. The Morgan fingerprint density at radius 2 is 1.41 bits per heavy atom. The Bertz CT molecular complexity index is 1440. The van der Waals surface area contributed by atoms with Crippen molar-refractivity contribution in [1.29, 1.82) is 0 Å². The van der Waals surface area contributed by atoms with Gasteiger partial charge in [0.2, 0.25) is 0 Å². The molecule has 2 heterocycles. The quantitative estimate of drug-likeness (QED) is 0.389. The monoisotopic (exact) mass is 571 g/mol. The zero-order chi connectivity index (χ0) is 27.7. The standard InChI is InChI=1S/C30H32ClF2N3O2S/c1-34-11-13-35(14-12-34)18-21-3-5-22(6-4-21)29(23-7-9-26(31)10-8-23)36-19-25(20-36)30(39(2,37)38)24-15-27(32)17-28(33)16-24/h3-10,15-17,29H,11-14,18-20H2,1-2H3. The van der Waals surface area contributed by atoms with E-state index in [-0.39, 0.29) is 16.5 Å². The molecule has 2 fully saturated rings. The zero-order valence-corrected chi connectivity index (χ0v) is 23.7. The van der Waals surface area contributed by atoms with Crippen LogP contribution in [0.1, 0.15) is 28.3 Å². The van der Waals surface area contributed by atoms with Crippen LogP contribution in [0.5, 0.6) is 0 Å². The van der Waals surface area contributed by atoms with Crippen molar-refractivity contribution < 1.29 is 17.2 Å². The van der Waals surface area contributed by atoms with Crippen LogP contribution in [-0.4, -0.2) is 75.7 Å². The number of likely N-dealkylation sites (tertiary alicyclic amines) is 1. The van der Waals surface area contributed by atoms with E-state index in [0.29, 0.717) is 23.7 Å².